The minimum absolute atomic E-state index is 0.0445. The van der Waals surface area contributed by atoms with E-state index in [1.54, 1.807) is 7.11 Å². The molecule has 6 heteroatoms. The first kappa shape index (κ1) is 22.3. The molecular weight excluding hydrogens is 402 g/mol. The molecule has 6 nitrogen and oxygen atoms in total. The summed E-state index contributed by atoms with van der Waals surface area (Å²) in [4.78, 5) is 9.36. The van der Waals surface area contributed by atoms with Crippen molar-refractivity contribution in [1.29, 1.82) is 0 Å². The molecule has 0 saturated carbocycles. The second-order valence-corrected chi connectivity index (χ2v) is 8.08. The zero-order chi connectivity index (χ0) is 22.3. The van der Waals surface area contributed by atoms with E-state index in [1.807, 2.05) is 49.5 Å². The van der Waals surface area contributed by atoms with Crippen LogP contribution in [0.2, 0.25) is 0 Å². The van der Waals surface area contributed by atoms with Gasteiger partial charge in [0.2, 0.25) is 0 Å². The van der Waals surface area contributed by atoms with Crippen LogP contribution in [0.5, 0.6) is 5.75 Å². The van der Waals surface area contributed by atoms with Crippen molar-refractivity contribution >= 4 is 5.69 Å². The number of benzene rings is 2. The summed E-state index contributed by atoms with van der Waals surface area (Å²) in [5, 5.41) is 9.12. The number of likely N-dealkylation sites (N-methyl/N-ethyl adjacent to an activating group) is 1. The van der Waals surface area contributed by atoms with Crippen LogP contribution in [0.3, 0.4) is 0 Å². The fourth-order valence-electron chi connectivity index (χ4n) is 3.97. The predicted octanol–water partition coefficient (Wildman–Crippen LogP) is 3.76. The number of methoxy groups -OCH3 is 1. The van der Waals surface area contributed by atoms with Crippen molar-refractivity contribution in [1.82, 2.24) is 9.88 Å². The highest BCUT2D eigenvalue weighted by molar-refractivity contribution is 5.60. The molecule has 0 amide bonds. The third kappa shape index (κ3) is 5.46. The lowest BCUT2D eigenvalue weighted by atomic mass is 10.1. The number of aliphatic hydroxyl groups excluding tert-OH is 1. The van der Waals surface area contributed by atoms with E-state index < -0.39 is 0 Å². The van der Waals surface area contributed by atoms with Gasteiger partial charge >= 0.3 is 0 Å². The van der Waals surface area contributed by atoms with Crippen molar-refractivity contribution in [2.45, 2.75) is 12.6 Å². The molecule has 1 N–H and O–H groups in total. The maximum atomic E-state index is 9.12. The molecule has 1 aliphatic rings. The Labute approximate surface area is 190 Å². The number of hydrogen-bond donors (Lipinski definition) is 1. The molecule has 1 fully saturated rings. The number of pyridine rings is 1. The number of rotatable bonds is 8. The van der Waals surface area contributed by atoms with Gasteiger partial charge in [0.05, 0.1) is 31.7 Å². The average molecular weight is 434 g/mol. The van der Waals surface area contributed by atoms with Crippen LogP contribution >= 0.6 is 0 Å². The molecule has 0 radical (unpaired) electrons. The summed E-state index contributed by atoms with van der Waals surface area (Å²) < 4.78 is 11.3. The third-order valence-corrected chi connectivity index (χ3v) is 5.86. The number of aromatic nitrogens is 1. The van der Waals surface area contributed by atoms with E-state index in [0.717, 1.165) is 48.0 Å². The first-order valence-electron chi connectivity index (χ1n) is 11.0. The van der Waals surface area contributed by atoms with Gasteiger partial charge in [-0.05, 0) is 54.1 Å². The number of ether oxygens (including phenoxy) is 2. The minimum Gasteiger partial charge on any atom is -0.497 e. The molecule has 2 heterocycles. The molecule has 1 aromatic heterocycles. The quantitative estimate of drug-likeness (QED) is 0.584. The van der Waals surface area contributed by atoms with Crippen molar-refractivity contribution in [2.24, 2.45) is 0 Å². The van der Waals surface area contributed by atoms with Crippen LogP contribution in [0.15, 0.2) is 66.7 Å². The number of nitrogens with zero attached hydrogens (tertiary/aromatic N) is 3. The van der Waals surface area contributed by atoms with Gasteiger partial charge < -0.3 is 19.5 Å². The largest absolute Gasteiger partial charge is 0.497 e. The third-order valence-electron chi connectivity index (χ3n) is 5.86. The zero-order valence-corrected chi connectivity index (χ0v) is 18.8. The highest BCUT2D eigenvalue weighted by Crippen LogP contribution is 2.26. The number of morpholine rings is 1. The van der Waals surface area contributed by atoms with Crippen LogP contribution in [0.1, 0.15) is 17.4 Å². The van der Waals surface area contributed by atoms with E-state index in [0.29, 0.717) is 13.2 Å². The van der Waals surface area contributed by atoms with E-state index in [4.69, 9.17) is 19.6 Å². The Bertz CT molecular complexity index is 992. The Hall–Kier alpha value is -2.93. The highest BCUT2D eigenvalue weighted by atomic mass is 16.5. The summed E-state index contributed by atoms with van der Waals surface area (Å²) in [6.45, 7) is 4.07. The van der Waals surface area contributed by atoms with Crippen molar-refractivity contribution < 1.29 is 14.6 Å². The topological polar surface area (TPSA) is 58.1 Å². The second-order valence-electron chi connectivity index (χ2n) is 8.08. The summed E-state index contributed by atoms with van der Waals surface area (Å²) in [7, 11) is 3.66. The van der Waals surface area contributed by atoms with E-state index in [-0.39, 0.29) is 12.7 Å². The Morgan fingerprint density at radius 3 is 2.59 bits per heavy atom. The Balaban J connectivity index is 1.41. The van der Waals surface area contributed by atoms with Gasteiger partial charge in [0, 0.05) is 44.5 Å². The molecule has 32 heavy (non-hydrogen) atoms. The van der Waals surface area contributed by atoms with Crippen LogP contribution < -0.4 is 9.64 Å². The molecule has 0 aliphatic carbocycles. The van der Waals surface area contributed by atoms with Crippen molar-refractivity contribution in [2.75, 3.05) is 51.9 Å². The van der Waals surface area contributed by atoms with Gasteiger partial charge in [0.15, 0.2) is 0 Å². The lowest BCUT2D eigenvalue weighted by Crippen LogP contribution is -2.38. The van der Waals surface area contributed by atoms with E-state index in [2.05, 4.69) is 34.1 Å². The Kier molecular flexibility index (Phi) is 7.37. The summed E-state index contributed by atoms with van der Waals surface area (Å²) >= 11 is 0. The minimum atomic E-state index is -0.0445. The smallest absolute Gasteiger partial charge is 0.118 e. The van der Waals surface area contributed by atoms with Gasteiger partial charge in [-0.1, -0.05) is 18.2 Å². The SMILES string of the molecule is COc1ccc(-c2cccc([C@@H]3CN(Cc4ccc(N(C)CCO)cc4)CCO3)n2)cc1. The maximum absolute atomic E-state index is 9.12. The summed E-state index contributed by atoms with van der Waals surface area (Å²) in [6.07, 6.45) is -0.0445. The first-order valence-corrected chi connectivity index (χ1v) is 11.0. The van der Waals surface area contributed by atoms with Crippen molar-refractivity contribution in [3.63, 3.8) is 0 Å². The van der Waals surface area contributed by atoms with E-state index in [1.165, 1.54) is 5.56 Å². The Morgan fingerprint density at radius 1 is 1.09 bits per heavy atom. The molecule has 0 unspecified atom stereocenters. The summed E-state index contributed by atoms with van der Waals surface area (Å²) in [5.74, 6) is 0.837. The van der Waals surface area contributed by atoms with Crippen molar-refractivity contribution in [3.8, 4) is 17.0 Å². The van der Waals surface area contributed by atoms with Crippen LogP contribution in [0, 0.1) is 0 Å². The monoisotopic (exact) mass is 433 g/mol. The normalized spacial score (nSPS) is 16.7. The average Bonchev–Trinajstić information content (AvgIpc) is 2.85. The van der Waals surface area contributed by atoms with E-state index in [9.17, 15) is 0 Å². The fourth-order valence-corrected chi connectivity index (χ4v) is 3.97. The number of anilines is 1. The first-order chi connectivity index (χ1) is 15.7. The molecule has 0 spiro atoms. The molecule has 1 aliphatic heterocycles. The second kappa shape index (κ2) is 10.6. The van der Waals surface area contributed by atoms with Gasteiger partial charge in [-0.15, -0.1) is 0 Å². The molecule has 1 atom stereocenters. The molecule has 1 saturated heterocycles. The molecule has 3 aromatic rings. The molecule has 4 rings (SSSR count). The molecule has 2 aromatic carbocycles. The van der Waals surface area contributed by atoms with Crippen molar-refractivity contribution in [3.05, 3.63) is 78.0 Å². The lowest BCUT2D eigenvalue weighted by molar-refractivity contribution is -0.0349. The fraction of sp³-hybridized carbons (Fsp3) is 0.346. The maximum Gasteiger partial charge on any atom is 0.118 e. The molecule has 168 valence electrons. The van der Waals surface area contributed by atoms with Gasteiger partial charge in [-0.25, -0.2) is 0 Å². The zero-order valence-electron chi connectivity index (χ0n) is 18.8. The summed E-state index contributed by atoms with van der Waals surface area (Å²) in [6, 6.07) is 22.6. The van der Waals surface area contributed by atoms with Gasteiger partial charge in [-0.3, -0.25) is 9.88 Å². The predicted molar refractivity (Wildman–Crippen MR) is 127 cm³/mol. The number of aliphatic hydroxyl groups is 1. The summed E-state index contributed by atoms with van der Waals surface area (Å²) in [5.41, 5.74) is 5.35. The van der Waals surface area contributed by atoms with Gasteiger partial charge in [-0.2, -0.15) is 0 Å². The number of hydrogen-bond acceptors (Lipinski definition) is 6. The van der Waals surface area contributed by atoms with Gasteiger partial charge in [0.25, 0.3) is 0 Å². The standard InChI is InChI=1S/C26H31N3O3/c1-28(14-16-30)22-10-6-20(7-11-22)18-29-15-17-32-26(19-29)25-5-3-4-24(27-25)21-8-12-23(31-2)13-9-21/h3-13,26,30H,14-19H2,1-2H3/t26-/m0/s1. The Morgan fingerprint density at radius 2 is 1.88 bits per heavy atom. The lowest BCUT2D eigenvalue weighted by Gasteiger charge is -2.33. The molecule has 0 bridgehead atoms. The molecular formula is C26H31N3O3. The van der Waals surface area contributed by atoms with Gasteiger partial charge in [0.1, 0.15) is 11.9 Å². The van der Waals surface area contributed by atoms with Crippen LogP contribution in [-0.2, 0) is 11.3 Å². The van der Waals surface area contributed by atoms with Crippen LogP contribution in [0.4, 0.5) is 5.69 Å². The van der Waals surface area contributed by atoms with Crippen LogP contribution in [-0.4, -0.2) is 62.0 Å². The highest BCUT2D eigenvalue weighted by Gasteiger charge is 2.23. The van der Waals surface area contributed by atoms with E-state index >= 15 is 0 Å². The van der Waals surface area contributed by atoms with Crippen LogP contribution in [0.25, 0.3) is 11.3 Å².